The van der Waals surface area contributed by atoms with Crippen LogP contribution in [-0.4, -0.2) is 29.8 Å². The van der Waals surface area contributed by atoms with Gasteiger partial charge in [0.15, 0.2) is 0 Å². The number of nitrogens with zero attached hydrogens (tertiary/aromatic N) is 1. The van der Waals surface area contributed by atoms with Crippen molar-refractivity contribution in [2.24, 2.45) is 0 Å². The van der Waals surface area contributed by atoms with Gasteiger partial charge in [0.25, 0.3) is 0 Å². The summed E-state index contributed by atoms with van der Waals surface area (Å²) in [4.78, 5) is 27.0. The second-order valence-electron chi connectivity index (χ2n) is 6.86. The van der Waals surface area contributed by atoms with Gasteiger partial charge in [-0.15, -0.1) is 0 Å². The Kier molecular flexibility index (Phi) is 5.71. The van der Waals surface area contributed by atoms with E-state index in [0.29, 0.717) is 25.9 Å². The monoisotopic (exact) mass is 350 g/mol. The fourth-order valence-electron chi connectivity index (χ4n) is 3.35. The molecule has 2 aromatic carbocycles. The fourth-order valence-corrected chi connectivity index (χ4v) is 3.35. The summed E-state index contributed by atoms with van der Waals surface area (Å²) in [5.74, 6) is -0.0641. The van der Waals surface area contributed by atoms with Gasteiger partial charge >= 0.3 is 0 Å². The van der Waals surface area contributed by atoms with Crippen molar-refractivity contribution in [2.75, 3.05) is 13.1 Å². The molecule has 1 atom stereocenters. The molecule has 1 aliphatic heterocycles. The molecule has 0 bridgehead atoms. The van der Waals surface area contributed by atoms with Gasteiger partial charge in [-0.3, -0.25) is 9.59 Å². The number of amides is 2. The van der Waals surface area contributed by atoms with Crippen LogP contribution in [0.1, 0.15) is 41.6 Å². The van der Waals surface area contributed by atoms with E-state index in [0.717, 1.165) is 23.1 Å². The molecule has 1 saturated heterocycles. The molecule has 1 fully saturated rings. The molecule has 2 amide bonds. The molecule has 136 valence electrons. The normalized spacial score (nSPS) is 17.1. The Bertz CT molecular complexity index is 766. The third-order valence-electron chi connectivity index (χ3n) is 4.98. The van der Waals surface area contributed by atoms with Gasteiger partial charge in [0.2, 0.25) is 11.8 Å². The second-order valence-corrected chi connectivity index (χ2v) is 6.86. The summed E-state index contributed by atoms with van der Waals surface area (Å²) < 4.78 is 0. The number of nitrogens with one attached hydrogen (secondary N) is 1. The molecule has 26 heavy (non-hydrogen) atoms. The molecule has 1 heterocycles. The molecule has 2 aromatic rings. The van der Waals surface area contributed by atoms with Crippen molar-refractivity contribution in [2.45, 2.75) is 39.2 Å². The molecule has 0 aliphatic carbocycles. The summed E-state index contributed by atoms with van der Waals surface area (Å²) in [6.07, 6.45) is 2.13. The zero-order valence-electron chi connectivity index (χ0n) is 15.5. The van der Waals surface area contributed by atoms with Crippen molar-refractivity contribution in [1.29, 1.82) is 0 Å². The molecule has 0 radical (unpaired) electrons. The third kappa shape index (κ3) is 4.13. The van der Waals surface area contributed by atoms with Crippen LogP contribution in [0.5, 0.6) is 0 Å². The summed E-state index contributed by atoms with van der Waals surface area (Å²) >= 11 is 0. The first-order valence-electron chi connectivity index (χ1n) is 9.30. The van der Waals surface area contributed by atoms with Crippen LogP contribution in [-0.2, 0) is 22.4 Å². The number of benzene rings is 2. The lowest BCUT2D eigenvalue weighted by Crippen LogP contribution is -2.52. The lowest BCUT2D eigenvalue weighted by atomic mass is 10.00. The zero-order chi connectivity index (χ0) is 18.5. The van der Waals surface area contributed by atoms with Gasteiger partial charge in [0.1, 0.15) is 6.04 Å². The van der Waals surface area contributed by atoms with Gasteiger partial charge in [-0.05, 0) is 36.5 Å². The lowest BCUT2D eigenvalue weighted by Gasteiger charge is -2.35. The highest BCUT2D eigenvalue weighted by atomic mass is 16.2. The first kappa shape index (κ1) is 18.2. The molecular formula is C22H26N2O2. The number of hydrogen-bond acceptors (Lipinski definition) is 2. The Balaban J connectivity index is 1.70. The van der Waals surface area contributed by atoms with Crippen molar-refractivity contribution in [3.63, 3.8) is 0 Å². The first-order chi connectivity index (χ1) is 12.6. The summed E-state index contributed by atoms with van der Waals surface area (Å²) in [5.41, 5.74) is 4.46. The minimum Gasteiger partial charge on any atom is -0.352 e. The van der Waals surface area contributed by atoms with Crippen LogP contribution in [0.2, 0.25) is 0 Å². The van der Waals surface area contributed by atoms with Crippen LogP contribution >= 0.6 is 0 Å². The van der Waals surface area contributed by atoms with E-state index in [1.54, 1.807) is 4.90 Å². The highest BCUT2D eigenvalue weighted by molar-refractivity contribution is 5.89. The number of aryl methyl sites for hydroxylation is 3. The number of carbonyl (C=O) groups excluding carboxylic acids is 2. The summed E-state index contributed by atoms with van der Waals surface area (Å²) in [6.45, 7) is 5.21. The first-order valence-corrected chi connectivity index (χ1v) is 9.30. The second kappa shape index (κ2) is 8.17. The van der Waals surface area contributed by atoms with E-state index in [1.807, 2.05) is 31.2 Å². The summed E-state index contributed by atoms with van der Waals surface area (Å²) in [7, 11) is 0. The summed E-state index contributed by atoms with van der Waals surface area (Å²) in [5, 5.41) is 2.88. The standard InChI is InChI=1S/C22H26N2O2/c1-3-17-6-8-18(9-7-17)10-13-20(25)24-15-14-23-22(26)21(24)19-11-4-16(2)5-12-19/h4-9,11-12,21H,3,10,13-15H2,1-2H3,(H,23,26). The third-order valence-corrected chi connectivity index (χ3v) is 4.98. The van der Waals surface area contributed by atoms with Crippen LogP contribution in [0.25, 0.3) is 0 Å². The SMILES string of the molecule is CCc1ccc(CCC(=O)N2CCNC(=O)C2c2ccc(C)cc2)cc1. The number of piperazine rings is 1. The van der Waals surface area contributed by atoms with E-state index in [2.05, 4.69) is 36.5 Å². The van der Waals surface area contributed by atoms with Crippen molar-refractivity contribution < 1.29 is 9.59 Å². The van der Waals surface area contributed by atoms with Gasteiger partial charge in [-0.1, -0.05) is 61.0 Å². The number of hydrogen-bond donors (Lipinski definition) is 1. The van der Waals surface area contributed by atoms with E-state index in [1.165, 1.54) is 5.56 Å². The topological polar surface area (TPSA) is 49.4 Å². The molecular weight excluding hydrogens is 324 g/mol. The van der Waals surface area contributed by atoms with Gasteiger partial charge in [0, 0.05) is 19.5 Å². The van der Waals surface area contributed by atoms with E-state index in [4.69, 9.17) is 0 Å². The molecule has 4 heteroatoms. The van der Waals surface area contributed by atoms with Gasteiger partial charge < -0.3 is 10.2 Å². The maximum atomic E-state index is 12.8. The van der Waals surface area contributed by atoms with E-state index < -0.39 is 6.04 Å². The Morgan fingerprint density at radius 2 is 1.73 bits per heavy atom. The minimum absolute atomic E-state index is 0.0324. The molecule has 1 N–H and O–H groups in total. The smallest absolute Gasteiger partial charge is 0.247 e. The molecule has 0 saturated carbocycles. The lowest BCUT2D eigenvalue weighted by molar-refractivity contribution is -0.143. The predicted molar refractivity (Wildman–Crippen MR) is 103 cm³/mol. The van der Waals surface area contributed by atoms with Crippen LogP contribution in [0, 0.1) is 6.92 Å². The van der Waals surface area contributed by atoms with Crippen molar-refractivity contribution in [3.05, 3.63) is 70.8 Å². The average molecular weight is 350 g/mol. The van der Waals surface area contributed by atoms with E-state index >= 15 is 0 Å². The van der Waals surface area contributed by atoms with Crippen LogP contribution in [0.3, 0.4) is 0 Å². The van der Waals surface area contributed by atoms with Crippen molar-refractivity contribution in [3.8, 4) is 0 Å². The molecule has 1 aliphatic rings. The maximum absolute atomic E-state index is 12.8. The fraction of sp³-hybridized carbons (Fsp3) is 0.364. The molecule has 3 rings (SSSR count). The van der Waals surface area contributed by atoms with Crippen molar-refractivity contribution >= 4 is 11.8 Å². The molecule has 0 aromatic heterocycles. The summed E-state index contributed by atoms with van der Waals surface area (Å²) in [6, 6.07) is 15.7. The van der Waals surface area contributed by atoms with Crippen LogP contribution in [0.15, 0.2) is 48.5 Å². The minimum atomic E-state index is -0.528. The highest BCUT2D eigenvalue weighted by Gasteiger charge is 2.33. The maximum Gasteiger partial charge on any atom is 0.247 e. The Hall–Kier alpha value is -2.62. The van der Waals surface area contributed by atoms with E-state index in [9.17, 15) is 9.59 Å². The Morgan fingerprint density at radius 1 is 1.08 bits per heavy atom. The molecule has 4 nitrogen and oxygen atoms in total. The van der Waals surface area contributed by atoms with Crippen LogP contribution in [0.4, 0.5) is 0 Å². The van der Waals surface area contributed by atoms with Gasteiger partial charge in [-0.2, -0.15) is 0 Å². The van der Waals surface area contributed by atoms with Gasteiger partial charge in [-0.25, -0.2) is 0 Å². The van der Waals surface area contributed by atoms with Gasteiger partial charge in [0.05, 0.1) is 0 Å². The number of rotatable bonds is 5. The largest absolute Gasteiger partial charge is 0.352 e. The Morgan fingerprint density at radius 3 is 2.38 bits per heavy atom. The van der Waals surface area contributed by atoms with Crippen LogP contribution < -0.4 is 5.32 Å². The highest BCUT2D eigenvalue weighted by Crippen LogP contribution is 2.25. The van der Waals surface area contributed by atoms with Crippen molar-refractivity contribution in [1.82, 2.24) is 10.2 Å². The molecule has 1 unspecified atom stereocenters. The number of carbonyl (C=O) groups is 2. The molecule has 0 spiro atoms. The average Bonchev–Trinajstić information content (AvgIpc) is 2.67. The quantitative estimate of drug-likeness (QED) is 0.900. The zero-order valence-corrected chi connectivity index (χ0v) is 15.5. The Labute approximate surface area is 155 Å². The van der Waals surface area contributed by atoms with E-state index in [-0.39, 0.29) is 11.8 Å². The predicted octanol–water partition coefficient (Wildman–Crippen LogP) is 3.19.